The van der Waals surface area contributed by atoms with Gasteiger partial charge in [-0.05, 0) is 41.1 Å². The van der Waals surface area contributed by atoms with Crippen molar-refractivity contribution >= 4 is 11.3 Å². The molecule has 0 spiro atoms. The molecule has 1 aliphatic heterocycles. The largest absolute Gasteiger partial charge is 0.389 e. The molecule has 0 radical (unpaired) electrons. The molecule has 2 heterocycles. The molecule has 0 amide bonds. The lowest BCUT2D eigenvalue weighted by molar-refractivity contribution is -0.00388. The van der Waals surface area contributed by atoms with Crippen LogP contribution in [0.4, 0.5) is 0 Å². The van der Waals surface area contributed by atoms with Crippen molar-refractivity contribution in [2.24, 2.45) is 5.92 Å². The summed E-state index contributed by atoms with van der Waals surface area (Å²) in [6, 6.07) is 2.15. The van der Waals surface area contributed by atoms with Crippen molar-refractivity contribution in [1.29, 1.82) is 0 Å². The van der Waals surface area contributed by atoms with Crippen LogP contribution in [0.5, 0.6) is 0 Å². The molecule has 0 bridgehead atoms. The maximum Gasteiger partial charge on any atom is 0.0900 e. The number of thiophene rings is 1. The highest BCUT2D eigenvalue weighted by Crippen LogP contribution is 2.16. The molecule has 2 unspecified atom stereocenters. The number of hydrogen-bond acceptors (Lipinski definition) is 5. The first-order valence-corrected chi connectivity index (χ1v) is 9.18. The maximum absolute atomic E-state index is 10.2. The van der Waals surface area contributed by atoms with Crippen LogP contribution in [-0.4, -0.2) is 55.1 Å². The van der Waals surface area contributed by atoms with Gasteiger partial charge in [-0.3, -0.25) is 4.90 Å². The Balaban J connectivity index is 1.80. The molecule has 1 aromatic rings. The Morgan fingerprint density at radius 1 is 1.45 bits per heavy atom. The molecule has 4 nitrogen and oxygen atoms in total. The molecule has 0 saturated carbocycles. The standard InChI is InChI=1S/C17H29NO3S/c1-14(2)11-20-12-16(19)9-18(8-15-5-7-22-13-15)10-17-4-3-6-21-17/h5,7,13-14,16-17,19H,3-4,6,8-12H2,1-2H3. The zero-order valence-electron chi connectivity index (χ0n) is 13.7. The number of aliphatic hydroxyl groups excluding tert-OH is 1. The monoisotopic (exact) mass is 327 g/mol. The molecule has 5 heteroatoms. The lowest BCUT2D eigenvalue weighted by atomic mass is 10.2. The third kappa shape index (κ3) is 6.75. The van der Waals surface area contributed by atoms with Crippen molar-refractivity contribution in [1.82, 2.24) is 4.90 Å². The van der Waals surface area contributed by atoms with Crippen LogP contribution in [-0.2, 0) is 16.0 Å². The number of rotatable bonds is 10. The Labute approximate surface area is 138 Å². The predicted molar refractivity (Wildman–Crippen MR) is 90.2 cm³/mol. The third-order valence-corrected chi connectivity index (χ3v) is 4.43. The molecule has 2 atom stereocenters. The van der Waals surface area contributed by atoms with E-state index in [0.29, 0.717) is 31.8 Å². The van der Waals surface area contributed by atoms with Crippen molar-refractivity contribution in [2.75, 3.05) is 32.9 Å². The fourth-order valence-electron chi connectivity index (χ4n) is 2.71. The van der Waals surface area contributed by atoms with E-state index in [-0.39, 0.29) is 0 Å². The summed E-state index contributed by atoms with van der Waals surface area (Å²) in [4.78, 5) is 2.29. The minimum Gasteiger partial charge on any atom is -0.389 e. The molecule has 2 rings (SSSR count). The summed E-state index contributed by atoms with van der Waals surface area (Å²) < 4.78 is 11.3. The summed E-state index contributed by atoms with van der Waals surface area (Å²) in [5, 5.41) is 14.5. The van der Waals surface area contributed by atoms with Gasteiger partial charge >= 0.3 is 0 Å². The van der Waals surface area contributed by atoms with Gasteiger partial charge in [-0.15, -0.1) is 0 Å². The molecule has 1 aliphatic rings. The van der Waals surface area contributed by atoms with E-state index < -0.39 is 6.10 Å². The topological polar surface area (TPSA) is 41.9 Å². The average molecular weight is 327 g/mol. The molecule has 0 aliphatic carbocycles. The number of nitrogens with zero attached hydrogens (tertiary/aromatic N) is 1. The molecule has 1 saturated heterocycles. The Hall–Kier alpha value is -0.460. The van der Waals surface area contributed by atoms with Crippen molar-refractivity contribution in [3.05, 3.63) is 22.4 Å². The predicted octanol–water partition coefficient (Wildman–Crippen LogP) is 2.76. The van der Waals surface area contributed by atoms with Crippen molar-refractivity contribution in [2.45, 2.75) is 45.4 Å². The molecule has 22 heavy (non-hydrogen) atoms. The van der Waals surface area contributed by atoms with Gasteiger partial charge in [0.1, 0.15) is 0 Å². The van der Waals surface area contributed by atoms with Gasteiger partial charge < -0.3 is 14.6 Å². The minimum absolute atomic E-state index is 0.308. The van der Waals surface area contributed by atoms with E-state index in [4.69, 9.17) is 9.47 Å². The highest BCUT2D eigenvalue weighted by Gasteiger charge is 2.21. The summed E-state index contributed by atoms with van der Waals surface area (Å²) in [5.41, 5.74) is 1.30. The van der Waals surface area contributed by atoms with Gasteiger partial charge in [0.2, 0.25) is 0 Å². The second-order valence-corrected chi connectivity index (χ2v) is 7.33. The first-order chi connectivity index (χ1) is 10.6. The zero-order chi connectivity index (χ0) is 15.8. The van der Waals surface area contributed by atoms with Crippen LogP contribution in [0.15, 0.2) is 16.8 Å². The first-order valence-electron chi connectivity index (χ1n) is 8.24. The Morgan fingerprint density at radius 3 is 2.95 bits per heavy atom. The smallest absolute Gasteiger partial charge is 0.0900 e. The summed E-state index contributed by atoms with van der Waals surface area (Å²) in [6.45, 7) is 8.60. The molecule has 0 aromatic carbocycles. The Morgan fingerprint density at radius 2 is 2.32 bits per heavy atom. The average Bonchev–Trinajstić information content (AvgIpc) is 3.11. The molecular formula is C17H29NO3S. The second kappa shape index (κ2) is 9.63. The molecule has 126 valence electrons. The summed E-state index contributed by atoms with van der Waals surface area (Å²) in [6.07, 6.45) is 2.14. The fourth-order valence-corrected chi connectivity index (χ4v) is 3.37. The number of ether oxygens (including phenoxy) is 2. The van der Waals surface area contributed by atoms with Crippen molar-refractivity contribution < 1.29 is 14.6 Å². The zero-order valence-corrected chi connectivity index (χ0v) is 14.6. The maximum atomic E-state index is 10.2. The minimum atomic E-state index is -0.446. The van der Waals surface area contributed by atoms with Gasteiger partial charge in [0.25, 0.3) is 0 Å². The summed E-state index contributed by atoms with van der Waals surface area (Å²) in [7, 11) is 0. The van der Waals surface area contributed by atoms with Crippen LogP contribution in [0.2, 0.25) is 0 Å². The molecule has 1 N–H and O–H groups in total. The third-order valence-electron chi connectivity index (χ3n) is 3.70. The normalized spacial score (nSPS) is 20.1. The quantitative estimate of drug-likeness (QED) is 0.717. The van der Waals surface area contributed by atoms with E-state index in [1.807, 2.05) is 0 Å². The van der Waals surface area contributed by atoms with Crippen LogP contribution in [0, 0.1) is 5.92 Å². The summed E-state index contributed by atoms with van der Waals surface area (Å²) in [5.74, 6) is 0.501. The van der Waals surface area contributed by atoms with E-state index >= 15 is 0 Å². The van der Waals surface area contributed by atoms with E-state index in [0.717, 1.165) is 32.5 Å². The van der Waals surface area contributed by atoms with Crippen LogP contribution >= 0.6 is 11.3 Å². The highest BCUT2D eigenvalue weighted by atomic mass is 32.1. The lowest BCUT2D eigenvalue weighted by Crippen LogP contribution is -2.39. The van der Waals surface area contributed by atoms with Crippen molar-refractivity contribution in [3.63, 3.8) is 0 Å². The molecule has 1 fully saturated rings. The van der Waals surface area contributed by atoms with Gasteiger partial charge in [0.05, 0.1) is 18.8 Å². The fraction of sp³-hybridized carbons (Fsp3) is 0.765. The van der Waals surface area contributed by atoms with Gasteiger partial charge in [-0.2, -0.15) is 11.3 Å². The first kappa shape index (κ1) is 17.9. The van der Waals surface area contributed by atoms with Crippen LogP contribution in [0.3, 0.4) is 0 Å². The van der Waals surface area contributed by atoms with Gasteiger partial charge in [0, 0.05) is 32.8 Å². The Bertz CT molecular complexity index is 391. The molecule has 1 aromatic heterocycles. The SMILES string of the molecule is CC(C)COCC(O)CN(Cc1ccsc1)CC1CCCO1. The second-order valence-electron chi connectivity index (χ2n) is 6.55. The number of aliphatic hydroxyl groups is 1. The lowest BCUT2D eigenvalue weighted by Gasteiger charge is -2.27. The molecular weight excluding hydrogens is 298 g/mol. The van der Waals surface area contributed by atoms with Crippen LogP contribution in [0.25, 0.3) is 0 Å². The van der Waals surface area contributed by atoms with Crippen LogP contribution < -0.4 is 0 Å². The highest BCUT2D eigenvalue weighted by molar-refractivity contribution is 7.07. The van der Waals surface area contributed by atoms with Crippen molar-refractivity contribution in [3.8, 4) is 0 Å². The van der Waals surface area contributed by atoms with E-state index in [2.05, 4.69) is 35.6 Å². The van der Waals surface area contributed by atoms with E-state index in [1.165, 1.54) is 5.56 Å². The van der Waals surface area contributed by atoms with Gasteiger partial charge in [-0.1, -0.05) is 13.8 Å². The van der Waals surface area contributed by atoms with Gasteiger partial charge in [0.15, 0.2) is 0 Å². The van der Waals surface area contributed by atoms with Crippen LogP contribution in [0.1, 0.15) is 32.3 Å². The summed E-state index contributed by atoms with van der Waals surface area (Å²) >= 11 is 1.72. The Kier molecular flexibility index (Phi) is 7.83. The van der Waals surface area contributed by atoms with E-state index in [1.54, 1.807) is 11.3 Å². The van der Waals surface area contributed by atoms with Gasteiger partial charge in [-0.25, -0.2) is 0 Å². The number of hydrogen-bond donors (Lipinski definition) is 1. The van der Waals surface area contributed by atoms with E-state index in [9.17, 15) is 5.11 Å².